The Labute approximate surface area is 152 Å². The number of thiazole rings is 1. The molecule has 0 atom stereocenters. The Kier molecular flexibility index (Phi) is 4.33. The molecule has 0 fully saturated rings. The van der Waals surface area contributed by atoms with Crippen LogP contribution in [0.25, 0.3) is 21.6 Å². The van der Waals surface area contributed by atoms with Crippen LogP contribution in [0.2, 0.25) is 0 Å². The first kappa shape index (κ1) is 16.0. The number of rotatable bonds is 4. The van der Waals surface area contributed by atoms with Crippen molar-refractivity contribution in [2.75, 3.05) is 0 Å². The van der Waals surface area contributed by atoms with Crippen molar-refractivity contribution in [2.45, 2.75) is 10.9 Å². The van der Waals surface area contributed by atoms with Gasteiger partial charge in [-0.05, 0) is 24.3 Å². The molecule has 3 aromatic heterocycles. The van der Waals surface area contributed by atoms with E-state index in [9.17, 15) is 4.79 Å². The summed E-state index contributed by atoms with van der Waals surface area (Å²) in [4.78, 5) is 26.0. The Balaban J connectivity index is 1.58. The highest BCUT2D eigenvalue weighted by molar-refractivity contribution is 7.98. The summed E-state index contributed by atoms with van der Waals surface area (Å²) in [6.07, 6.45) is 1.76. The summed E-state index contributed by atoms with van der Waals surface area (Å²) in [5, 5.41) is 4.25. The molecule has 0 aliphatic carbocycles. The Morgan fingerprint density at radius 3 is 2.80 bits per heavy atom. The molecule has 3 heterocycles. The summed E-state index contributed by atoms with van der Waals surface area (Å²) in [7, 11) is 1.75. The average molecular weight is 366 g/mol. The number of fused-ring (bicyclic) bond motifs is 1. The minimum atomic E-state index is -0.0273. The molecule has 124 valence electrons. The average Bonchev–Trinajstić information content (AvgIpc) is 3.13. The maximum Gasteiger partial charge on any atom is 0.261 e. The zero-order chi connectivity index (χ0) is 17.2. The Morgan fingerprint density at radius 1 is 1.12 bits per heavy atom. The minimum Gasteiger partial charge on any atom is -0.290 e. The van der Waals surface area contributed by atoms with Gasteiger partial charge in [0.15, 0.2) is 5.16 Å². The first-order chi connectivity index (χ1) is 12.2. The van der Waals surface area contributed by atoms with E-state index in [0.29, 0.717) is 16.3 Å². The second-order valence-corrected chi connectivity index (χ2v) is 7.22. The third kappa shape index (κ3) is 3.20. The molecule has 0 aliphatic heterocycles. The van der Waals surface area contributed by atoms with E-state index in [-0.39, 0.29) is 5.56 Å². The van der Waals surface area contributed by atoms with Crippen LogP contribution < -0.4 is 5.56 Å². The topological polar surface area (TPSA) is 60.7 Å². The number of hydrogen-bond donors (Lipinski definition) is 0. The lowest BCUT2D eigenvalue weighted by Gasteiger charge is -2.07. The first-order valence-electron chi connectivity index (χ1n) is 7.67. The van der Waals surface area contributed by atoms with Gasteiger partial charge in [0.2, 0.25) is 0 Å². The van der Waals surface area contributed by atoms with Gasteiger partial charge in [0, 0.05) is 24.4 Å². The third-order valence-electron chi connectivity index (χ3n) is 3.73. The van der Waals surface area contributed by atoms with Gasteiger partial charge in [0.1, 0.15) is 5.01 Å². The molecule has 25 heavy (non-hydrogen) atoms. The van der Waals surface area contributed by atoms with Crippen LogP contribution in [0.4, 0.5) is 0 Å². The van der Waals surface area contributed by atoms with Crippen molar-refractivity contribution in [3.63, 3.8) is 0 Å². The van der Waals surface area contributed by atoms with Crippen LogP contribution in [0.5, 0.6) is 0 Å². The van der Waals surface area contributed by atoms with Crippen molar-refractivity contribution in [1.82, 2.24) is 19.5 Å². The lowest BCUT2D eigenvalue weighted by molar-refractivity contribution is 0.726. The van der Waals surface area contributed by atoms with Gasteiger partial charge in [0.25, 0.3) is 5.56 Å². The van der Waals surface area contributed by atoms with Crippen molar-refractivity contribution in [3.8, 4) is 10.7 Å². The van der Waals surface area contributed by atoms with E-state index in [2.05, 4.69) is 15.0 Å². The van der Waals surface area contributed by atoms with Gasteiger partial charge in [-0.1, -0.05) is 30.0 Å². The lowest BCUT2D eigenvalue weighted by atomic mass is 10.2. The number of aromatic nitrogens is 4. The second kappa shape index (κ2) is 6.78. The molecule has 4 rings (SSSR count). The Bertz CT molecular complexity index is 1090. The molecular formula is C18H14N4OS2. The zero-order valence-corrected chi connectivity index (χ0v) is 15.0. The van der Waals surface area contributed by atoms with Gasteiger partial charge in [-0.25, -0.2) is 9.97 Å². The number of thioether (sulfide) groups is 1. The number of hydrogen-bond acceptors (Lipinski definition) is 6. The van der Waals surface area contributed by atoms with Crippen molar-refractivity contribution in [2.24, 2.45) is 7.05 Å². The molecule has 0 saturated heterocycles. The Morgan fingerprint density at radius 2 is 1.96 bits per heavy atom. The fourth-order valence-corrected chi connectivity index (χ4v) is 4.21. The molecule has 0 amide bonds. The molecule has 0 unspecified atom stereocenters. The first-order valence-corrected chi connectivity index (χ1v) is 9.53. The predicted octanol–water partition coefficient (Wildman–Crippen LogP) is 3.74. The molecule has 0 spiro atoms. The van der Waals surface area contributed by atoms with Crippen LogP contribution in [0.15, 0.2) is 64.0 Å². The van der Waals surface area contributed by atoms with E-state index in [1.54, 1.807) is 35.2 Å². The van der Waals surface area contributed by atoms with Crippen LogP contribution in [0.3, 0.4) is 0 Å². The number of nitrogens with zero attached hydrogens (tertiary/aromatic N) is 4. The number of para-hydroxylation sites is 1. The number of pyridine rings is 1. The van der Waals surface area contributed by atoms with Gasteiger partial charge in [-0.15, -0.1) is 11.3 Å². The van der Waals surface area contributed by atoms with Gasteiger partial charge >= 0.3 is 0 Å². The monoisotopic (exact) mass is 366 g/mol. The summed E-state index contributed by atoms with van der Waals surface area (Å²) in [5.41, 5.74) is 2.53. The van der Waals surface area contributed by atoms with Crippen molar-refractivity contribution >= 4 is 34.0 Å². The van der Waals surface area contributed by atoms with Crippen LogP contribution in [0.1, 0.15) is 5.69 Å². The van der Waals surface area contributed by atoms with Gasteiger partial charge in [-0.2, -0.15) is 0 Å². The van der Waals surface area contributed by atoms with E-state index in [0.717, 1.165) is 21.9 Å². The molecule has 0 N–H and O–H groups in total. The van der Waals surface area contributed by atoms with Gasteiger partial charge < -0.3 is 0 Å². The van der Waals surface area contributed by atoms with Crippen molar-refractivity contribution in [3.05, 3.63) is 70.1 Å². The minimum absolute atomic E-state index is 0.0273. The highest BCUT2D eigenvalue weighted by atomic mass is 32.2. The molecule has 0 saturated carbocycles. The Hall–Kier alpha value is -2.51. The molecular weight excluding hydrogens is 352 g/mol. The highest BCUT2D eigenvalue weighted by Gasteiger charge is 2.10. The zero-order valence-electron chi connectivity index (χ0n) is 13.4. The van der Waals surface area contributed by atoms with Gasteiger partial charge in [0.05, 0.1) is 22.3 Å². The summed E-state index contributed by atoms with van der Waals surface area (Å²) in [5.74, 6) is 0.655. The van der Waals surface area contributed by atoms with Gasteiger partial charge in [-0.3, -0.25) is 14.3 Å². The largest absolute Gasteiger partial charge is 0.290 e. The molecule has 0 bridgehead atoms. The van der Waals surface area contributed by atoms with Crippen molar-refractivity contribution in [1.29, 1.82) is 0 Å². The third-order valence-corrected chi connectivity index (χ3v) is 5.70. The van der Waals surface area contributed by atoms with E-state index in [1.807, 2.05) is 41.8 Å². The van der Waals surface area contributed by atoms with Crippen LogP contribution in [-0.2, 0) is 12.8 Å². The highest BCUT2D eigenvalue weighted by Crippen LogP contribution is 2.26. The number of benzene rings is 1. The standard InChI is InChI=1S/C18H14N4OS2/c1-22-17(23)13-6-2-3-7-14(13)21-18(22)25-11-12-10-24-16(20-12)15-8-4-5-9-19-15/h2-10H,11H2,1H3. The molecule has 0 radical (unpaired) electrons. The molecule has 4 aromatic rings. The summed E-state index contributed by atoms with van der Waals surface area (Å²) >= 11 is 3.09. The fourth-order valence-electron chi connectivity index (χ4n) is 2.45. The van der Waals surface area contributed by atoms with Crippen molar-refractivity contribution < 1.29 is 0 Å². The summed E-state index contributed by atoms with van der Waals surface area (Å²) in [6, 6.07) is 13.2. The smallest absolute Gasteiger partial charge is 0.261 e. The fraction of sp³-hybridized carbons (Fsp3) is 0.111. The predicted molar refractivity (Wildman–Crippen MR) is 102 cm³/mol. The van der Waals surface area contributed by atoms with E-state index in [1.165, 1.54) is 11.8 Å². The van der Waals surface area contributed by atoms with Crippen LogP contribution in [0, 0.1) is 0 Å². The van der Waals surface area contributed by atoms with E-state index in [4.69, 9.17) is 0 Å². The molecule has 0 aliphatic rings. The maximum atomic E-state index is 12.4. The van der Waals surface area contributed by atoms with E-state index >= 15 is 0 Å². The molecule has 5 nitrogen and oxygen atoms in total. The maximum absolute atomic E-state index is 12.4. The lowest BCUT2D eigenvalue weighted by Crippen LogP contribution is -2.19. The normalized spacial score (nSPS) is 11.1. The SMILES string of the molecule is Cn1c(SCc2csc(-c3ccccn3)n2)nc2ccccc2c1=O. The summed E-state index contributed by atoms with van der Waals surface area (Å²) in [6.45, 7) is 0. The van der Waals surface area contributed by atoms with Crippen LogP contribution in [-0.4, -0.2) is 19.5 Å². The quantitative estimate of drug-likeness (QED) is 0.407. The van der Waals surface area contributed by atoms with Crippen LogP contribution >= 0.6 is 23.1 Å². The van der Waals surface area contributed by atoms with E-state index < -0.39 is 0 Å². The molecule has 7 heteroatoms. The molecule has 1 aromatic carbocycles. The summed E-state index contributed by atoms with van der Waals surface area (Å²) < 4.78 is 1.60. The second-order valence-electron chi connectivity index (χ2n) is 5.42.